The lowest BCUT2D eigenvalue weighted by molar-refractivity contribution is -0.0163. The summed E-state index contributed by atoms with van der Waals surface area (Å²) in [5.41, 5.74) is 2.45. The molecule has 0 radical (unpaired) electrons. The Balaban J connectivity index is 1.07. The maximum atomic E-state index is 12.9. The third-order valence-electron chi connectivity index (χ3n) is 8.91. The third kappa shape index (κ3) is 9.62. The number of piperidine rings is 1. The second-order valence-corrected chi connectivity index (χ2v) is 12.8. The van der Waals surface area contributed by atoms with Gasteiger partial charge in [-0.15, -0.1) is 0 Å². The first-order chi connectivity index (χ1) is 19.4. The summed E-state index contributed by atoms with van der Waals surface area (Å²) in [5.74, 6) is 0.819. The van der Waals surface area contributed by atoms with E-state index in [1.165, 1.54) is 70.9 Å². The van der Waals surface area contributed by atoms with Gasteiger partial charge in [0.15, 0.2) is 0 Å². The van der Waals surface area contributed by atoms with Crippen LogP contribution in [0.1, 0.15) is 91.4 Å². The van der Waals surface area contributed by atoms with E-state index in [-0.39, 0.29) is 6.09 Å². The number of carbonyl (C=O) groups is 1. The van der Waals surface area contributed by atoms with Crippen molar-refractivity contribution < 1.29 is 9.53 Å². The number of likely N-dealkylation sites (tertiary alicyclic amines) is 2. The van der Waals surface area contributed by atoms with Gasteiger partial charge in [-0.3, -0.25) is 5.32 Å². The van der Waals surface area contributed by atoms with Crippen molar-refractivity contribution in [3.05, 3.63) is 54.6 Å². The summed E-state index contributed by atoms with van der Waals surface area (Å²) < 4.78 is 5.98. The summed E-state index contributed by atoms with van der Waals surface area (Å²) in [6, 6.07) is 18.9. The van der Waals surface area contributed by atoms with Crippen LogP contribution in [-0.4, -0.2) is 60.3 Å². The normalized spacial score (nSPS) is 19.6. The molecule has 1 unspecified atom stereocenters. The number of nitrogens with one attached hydrogen (secondary N) is 1. The molecule has 1 amide bonds. The fourth-order valence-corrected chi connectivity index (χ4v) is 6.53. The van der Waals surface area contributed by atoms with Crippen molar-refractivity contribution in [2.24, 2.45) is 5.92 Å². The van der Waals surface area contributed by atoms with E-state index >= 15 is 0 Å². The van der Waals surface area contributed by atoms with Crippen LogP contribution in [-0.2, 0) is 4.74 Å². The molecule has 1 atom stereocenters. The van der Waals surface area contributed by atoms with Crippen molar-refractivity contribution in [2.75, 3.05) is 38.0 Å². The predicted molar refractivity (Wildman–Crippen MR) is 168 cm³/mol. The molecule has 2 aromatic rings. The molecule has 0 bridgehead atoms. The smallest absolute Gasteiger partial charge is 0.412 e. The van der Waals surface area contributed by atoms with Gasteiger partial charge in [0.25, 0.3) is 0 Å². The zero-order valence-corrected chi connectivity index (χ0v) is 25.4. The fourth-order valence-electron chi connectivity index (χ4n) is 6.53. The minimum absolute atomic E-state index is 0.362. The predicted octanol–water partition coefficient (Wildman–Crippen LogP) is 8.61. The van der Waals surface area contributed by atoms with Crippen molar-refractivity contribution in [1.82, 2.24) is 9.80 Å². The highest BCUT2D eigenvalue weighted by atomic mass is 16.6. The van der Waals surface area contributed by atoms with Gasteiger partial charge in [-0.1, -0.05) is 88.1 Å². The number of benzene rings is 2. The molecule has 4 rings (SSSR count). The average Bonchev–Trinajstić information content (AvgIpc) is 3.38. The lowest BCUT2D eigenvalue weighted by Crippen LogP contribution is -2.46. The number of anilines is 1. The quantitative estimate of drug-likeness (QED) is 0.241. The number of ether oxygens (including phenoxy) is 1. The minimum Gasteiger partial charge on any atom is -0.443 e. The molecule has 0 spiro atoms. The standard InChI is InChI=1S/C35H53N3O2/c1-29(2)28-31-18-15-25-38(31)24-14-7-5-4-6-13-23-37-26-21-35(3,22-27-37)40-34(39)36-33-20-12-11-19-32(33)30-16-9-8-10-17-30/h8-12,16-17,19-20,29,31H,4-7,13-15,18,21-28H2,1-3H3,(H,36,39). The number of rotatable bonds is 14. The van der Waals surface area contributed by atoms with E-state index in [0.717, 1.165) is 61.2 Å². The van der Waals surface area contributed by atoms with Crippen LogP contribution in [0.2, 0.25) is 0 Å². The molecule has 2 aromatic carbocycles. The summed E-state index contributed by atoms with van der Waals surface area (Å²) in [6.07, 6.45) is 13.7. The number of amides is 1. The van der Waals surface area contributed by atoms with Gasteiger partial charge in [0, 0.05) is 24.7 Å². The molecule has 0 saturated carbocycles. The van der Waals surface area contributed by atoms with Crippen molar-refractivity contribution >= 4 is 11.8 Å². The maximum Gasteiger partial charge on any atom is 0.412 e. The summed E-state index contributed by atoms with van der Waals surface area (Å²) in [4.78, 5) is 18.2. The number of carbonyl (C=O) groups excluding carboxylic acids is 1. The van der Waals surface area contributed by atoms with Crippen LogP contribution in [0.15, 0.2) is 54.6 Å². The Kier molecular flexibility index (Phi) is 11.9. The van der Waals surface area contributed by atoms with E-state index in [2.05, 4.69) is 48.0 Å². The Morgan fingerprint density at radius 1 is 0.900 bits per heavy atom. The van der Waals surface area contributed by atoms with Gasteiger partial charge in [0.2, 0.25) is 0 Å². The van der Waals surface area contributed by atoms with Gasteiger partial charge >= 0.3 is 6.09 Å². The molecule has 2 fully saturated rings. The summed E-state index contributed by atoms with van der Waals surface area (Å²) in [6.45, 7) is 12.6. The van der Waals surface area contributed by atoms with E-state index in [0.29, 0.717) is 0 Å². The molecule has 2 aliphatic rings. The number of nitrogens with zero attached hydrogens (tertiary/aromatic N) is 2. The van der Waals surface area contributed by atoms with Gasteiger partial charge in [-0.2, -0.15) is 0 Å². The molecule has 5 heteroatoms. The lowest BCUT2D eigenvalue weighted by atomic mass is 9.93. The maximum absolute atomic E-state index is 12.9. The van der Waals surface area contributed by atoms with Crippen molar-refractivity contribution in [1.29, 1.82) is 0 Å². The van der Waals surface area contributed by atoms with Gasteiger partial charge in [-0.25, -0.2) is 4.79 Å². The second kappa shape index (κ2) is 15.6. The topological polar surface area (TPSA) is 44.8 Å². The zero-order chi connectivity index (χ0) is 28.2. The molecular weight excluding hydrogens is 494 g/mol. The van der Waals surface area contributed by atoms with Crippen LogP contribution in [0.5, 0.6) is 0 Å². The fraction of sp³-hybridized carbons (Fsp3) is 0.629. The van der Waals surface area contributed by atoms with Gasteiger partial charge in [0.1, 0.15) is 5.60 Å². The highest BCUT2D eigenvalue weighted by Gasteiger charge is 2.33. The Morgan fingerprint density at radius 3 is 2.27 bits per heavy atom. The summed E-state index contributed by atoms with van der Waals surface area (Å²) in [7, 11) is 0. The van der Waals surface area contributed by atoms with E-state index in [4.69, 9.17) is 4.74 Å². The van der Waals surface area contributed by atoms with Crippen molar-refractivity contribution in [3.8, 4) is 11.1 Å². The van der Waals surface area contributed by atoms with Gasteiger partial charge in [-0.05, 0) is 89.1 Å². The first kappa shape index (κ1) is 30.6. The first-order valence-electron chi connectivity index (χ1n) is 16.0. The third-order valence-corrected chi connectivity index (χ3v) is 8.91. The molecule has 1 N–H and O–H groups in total. The van der Waals surface area contributed by atoms with Crippen LogP contribution in [0, 0.1) is 5.92 Å². The number of para-hydroxylation sites is 1. The lowest BCUT2D eigenvalue weighted by Gasteiger charge is -2.38. The summed E-state index contributed by atoms with van der Waals surface area (Å²) >= 11 is 0. The molecule has 40 heavy (non-hydrogen) atoms. The molecule has 2 heterocycles. The summed E-state index contributed by atoms with van der Waals surface area (Å²) in [5, 5.41) is 3.00. The Hall–Kier alpha value is -2.37. The molecule has 2 aliphatic heterocycles. The Labute approximate surface area is 243 Å². The largest absolute Gasteiger partial charge is 0.443 e. The zero-order valence-electron chi connectivity index (χ0n) is 25.4. The Morgan fingerprint density at radius 2 is 1.55 bits per heavy atom. The van der Waals surface area contributed by atoms with Crippen molar-refractivity contribution in [3.63, 3.8) is 0 Å². The van der Waals surface area contributed by atoms with Crippen LogP contribution in [0.25, 0.3) is 11.1 Å². The van der Waals surface area contributed by atoms with Crippen LogP contribution in [0.3, 0.4) is 0 Å². The number of unbranched alkanes of at least 4 members (excludes halogenated alkanes) is 5. The highest BCUT2D eigenvalue weighted by Crippen LogP contribution is 2.30. The molecule has 220 valence electrons. The molecule has 2 saturated heterocycles. The SMILES string of the molecule is CC(C)CC1CCCN1CCCCCCCCN1CCC(C)(OC(=O)Nc2ccccc2-c2ccccc2)CC1. The average molecular weight is 548 g/mol. The van der Waals surface area contributed by atoms with Crippen LogP contribution >= 0.6 is 0 Å². The molecule has 0 aliphatic carbocycles. The minimum atomic E-state index is -0.411. The van der Waals surface area contributed by atoms with Crippen LogP contribution in [0.4, 0.5) is 10.5 Å². The highest BCUT2D eigenvalue weighted by molar-refractivity contribution is 5.91. The Bertz CT molecular complexity index is 1020. The first-order valence-corrected chi connectivity index (χ1v) is 16.0. The van der Waals surface area contributed by atoms with Gasteiger partial charge < -0.3 is 14.5 Å². The molecule has 0 aromatic heterocycles. The van der Waals surface area contributed by atoms with E-state index < -0.39 is 5.60 Å². The van der Waals surface area contributed by atoms with E-state index in [9.17, 15) is 4.79 Å². The monoisotopic (exact) mass is 547 g/mol. The van der Waals surface area contributed by atoms with Crippen LogP contribution < -0.4 is 5.32 Å². The number of hydrogen-bond acceptors (Lipinski definition) is 4. The number of hydrogen-bond donors (Lipinski definition) is 1. The second-order valence-electron chi connectivity index (χ2n) is 12.8. The van der Waals surface area contributed by atoms with E-state index in [1.807, 2.05) is 42.5 Å². The van der Waals surface area contributed by atoms with E-state index in [1.54, 1.807) is 0 Å². The molecule has 5 nitrogen and oxygen atoms in total. The van der Waals surface area contributed by atoms with Gasteiger partial charge in [0.05, 0.1) is 5.69 Å². The van der Waals surface area contributed by atoms with Crippen molar-refractivity contribution in [2.45, 2.75) is 103 Å². The molecular formula is C35H53N3O2.